The molecule has 1 N–H and O–H groups in total. The van der Waals surface area contributed by atoms with Crippen LogP contribution >= 0.6 is 11.6 Å². The molecule has 0 spiro atoms. The molecule has 1 aliphatic heterocycles. The van der Waals surface area contributed by atoms with E-state index in [1.165, 1.54) is 37.2 Å². The van der Waals surface area contributed by atoms with E-state index in [2.05, 4.69) is 40.6 Å². The summed E-state index contributed by atoms with van der Waals surface area (Å²) >= 11 is 6.04. The lowest BCUT2D eigenvalue weighted by Crippen LogP contribution is -2.17. The Bertz CT molecular complexity index is 682. The first-order valence-corrected chi connectivity index (χ1v) is 7.91. The van der Waals surface area contributed by atoms with Crippen LogP contribution in [0.5, 0.6) is 0 Å². The number of nitrogens with one attached hydrogen (secondary N) is 1. The van der Waals surface area contributed by atoms with Crippen molar-refractivity contribution in [2.24, 2.45) is 0 Å². The fourth-order valence-electron chi connectivity index (χ4n) is 2.72. The summed E-state index contributed by atoms with van der Waals surface area (Å²) in [6, 6.07) is 16.2. The SMILES string of the molecule is N#Cc1ccc(NCc2ccc(N3CCCC3)cc2)cc1Cl. The second kappa shape index (κ2) is 6.72. The highest BCUT2D eigenvalue weighted by Gasteiger charge is 2.11. The third-order valence-electron chi connectivity index (χ3n) is 3.99. The number of halogens is 1. The smallest absolute Gasteiger partial charge is 0.101 e. The van der Waals surface area contributed by atoms with E-state index in [-0.39, 0.29) is 0 Å². The first-order chi connectivity index (χ1) is 10.8. The van der Waals surface area contributed by atoms with Gasteiger partial charge in [-0.1, -0.05) is 23.7 Å². The largest absolute Gasteiger partial charge is 0.381 e. The minimum Gasteiger partial charge on any atom is -0.381 e. The van der Waals surface area contributed by atoms with E-state index in [4.69, 9.17) is 16.9 Å². The van der Waals surface area contributed by atoms with Crippen LogP contribution in [0.15, 0.2) is 42.5 Å². The Morgan fingerprint density at radius 2 is 1.82 bits per heavy atom. The molecule has 0 bridgehead atoms. The molecule has 4 heteroatoms. The minimum atomic E-state index is 0.483. The highest BCUT2D eigenvalue weighted by Crippen LogP contribution is 2.22. The van der Waals surface area contributed by atoms with E-state index in [0.717, 1.165) is 12.2 Å². The highest BCUT2D eigenvalue weighted by atomic mass is 35.5. The molecule has 1 saturated heterocycles. The van der Waals surface area contributed by atoms with E-state index >= 15 is 0 Å². The van der Waals surface area contributed by atoms with Gasteiger partial charge >= 0.3 is 0 Å². The monoisotopic (exact) mass is 311 g/mol. The molecule has 0 aliphatic carbocycles. The van der Waals surface area contributed by atoms with Crippen LogP contribution in [0.2, 0.25) is 5.02 Å². The first-order valence-electron chi connectivity index (χ1n) is 7.54. The Morgan fingerprint density at radius 1 is 1.09 bits per heavy atom. The quantitative estimate of drug-likeness (QED) is 0.908. The van der Waals surface area contributed by atoms with E-state index in [0.29, 0.717) is 10.6 Å². The normalized spacial score (nSPS) is 13.9. The molecule has 0 amide bonds. The third kappa shape index (κ3) is 3.35. The molecular formula is C18H18ClN3. The molecule has 1 fully saturated rings. The van der Waals surface area contributed by atoms with Gasteiger partial charge in [0.2, 0.25) is 0 Å². The zero-order valence-corrected chi connectivity index (χ0v) is 13.1. The maximum absolute atomic E-state index is 8.87. The van der Waals surface area contributed by atoms with Crippen molar-refractivity contribution in [1.82, 2.24) is 0 Å². The molecule has 3 nitrogen and oxygen atoms in total. The van der Waals surface area contributed by atoms with Crippen LogP contribution in [0, 0.1) is 11.3 Å². The maximum atomic E-state index is 8.87. The molecule has 2 aromatic carbocycles. The van der Waals surface area contributed by atoms with E-state index < -0.39 is 0 Å². The summed E-state index contributed by atoms with van der Waals surface area (Å²) in [5, 5.41) is 12.7. The highest BCUT2D eigenvalue weighted by molar-refractivity contribution is 6.32. The average Bonchev–Trinajstić information content (AvgIpc) is 3.08. The number of anilines is 2. The van der Waals surface area contributed by atoms with E-state index in [9.17, 15) is 0 Å². The Labute approximate surface area is 136 Å². The van der Waals surface area contributed by atoms with Crippen molar-refractivity contribution in [3.63, 3.8) is 0 Å². The second-order valence-electron chi connectivity index (χ2n) is 5.52. The van der Waals surface area contributed by atoms with Crippen LogP contribution in [0.3, 0.4) is 0 Å². The predicted molar refractivity (Wildman–Crippen MR) is 91.4 cm³/mol. The first kappa shape index (κ1) is 14.7. The second-order valence-corrected chi connectivity index (χ2v) is 5.93. The lowest BCUT2D eigenvalue weighted by Gasteiger charge is -2.17. The summed E-state index contributed by atoms with van der Waals surface area (Å²) in [7, 11) is 0. The maximum Gasteiger partial charge on any atom is 0.101 e. The van der Waals surface area contributed by atoms with Gasteiger partial charge in [-0.05, 0) is 48.7 Å². The van der Waals surface area contributed by atoms with Crippen molar-refractivity contribution in [3.8, 4) is 6.07 Å². The van der Waals surface area contributed by atoms with E-state index in [1.807, 2.05) is 6.07 Å². The van der Waals surface area contributed by atoms with Crippen molar-refractivity contribution in [3.05, 3.63) is 58.6 Å². The molecule has 0 saturated carbocycles. The number of benzene rings is 2. The van der Waals surface area contributed by atoms with Crippen molar-refractivity contribution >= 4 is 23.0 Å². The molecule has 0 unspecified atom stereocenters. The predicted octanol–water partition coefficient (Wildman–Crippen LogP) is 4.42. The van der Waals surface area contributed by atoms with Gasteiger partial charge in [-0.3, -0.25) is 0 Å². The van der Waals surface area contributed by atoms with Gasteiger partial charge in [-0.2, -0.15) is 5.26 Å². The lowest BCUT2D eigenvalue weighted by molar-refractivity contribution is 0.949. The third-order valence-corrected chi connectivity index (χ3v) is 4.31. The van der Waals surface area contributed by atoms with E-state index in [1.54, 1.807) is 12.1 Å². The Kier molecular flexibility index (Phi) is 4.50. The van der Waals surface area contributed by atoms with Crippen molar-refractivity contribution in [2.45, 2.75) is 19.4 Å². The average molecular weight is 312 g/mol. The fraction of sp³-hybridized carbons (Fsp3) is 0.278. The molecule has 1 aliphatic rings. The van der Waals surface area contributed by atoms with Crippen molar-refractivity contribution in [2.75, 3.05) is 23.3 Å². The van der Waals surface area contributed by atoms with Crippen molar-refractivity contribution < 1.29 is 0 Å². The Balaban J connectivity index is 1.61. The molecular weight excluding hydrogens is 294 g/mol. The minimum absolute atomic E-state index is 0.483. The summed E-state index contributed by atoms with van der Waals surface area (Å²) in [6.45, 7) is 3.07. The number of hydrogen-bond acceptors (Lipinski definition) is 3. The van der Waals surface area contributed by atoms with Crippen LogP contribution < -0.4 is 10.2 Å². The molecule has 0 atom stereocenters. The molecule has 0 aromatic heterocycles. The van der Waals surface area contributed by atoms with Gasteiger partial charge in [0, 0.05) is 31.0 Å². The van der Waals surface area contributed by atoms with Gasteiger partial charge in [0.05, 0.1) is 10.6 Å². The van der Waals surface area contributed by atoms with Gasteiger partial charge in [0.15, 0.2) is 0 Å². The zero-order chi connectivity index (χ0) is 15.4. The number of hydrogen-bond donors (Lipinski definition) is 1. The van der Waals surface area contributed by atoms with Gasteiger partial charge < -0.3 is 10.2 Å². The Morgan fingerprint density at radius 3 is 2.45 bits per heavy atom. The van der Waals surface area contributed by atoms with Crippen LogP contribution in [0.4, 0.5) is 11.4 Å². The number of nitriles is 1. The molecule has 22 heavy (non-hydrogen) atoms. The van der Waals surface area contributed by atoms with Gasteiger partial charge in [-0.25, -0.2) is 0 Å². The summed E-state index contributed by atoms with van der Waals surface area (Å²) in [6.07, 6.45) is 2.59. The number of rotatable bonds is 4. The van der Waals surface area contributed by atoms with Gasteiger partial charge in [0.25, 0.3) is 0 Å². The lowest BCUT2D eigenvalue weighted by atomic mass is 10.2. The van der Waals surface area contributed by atoms with Crippen molar-refractivity contribution in [1.29, 1.82) is 5.26 Å². The fourth-order valence-corrected chi connectivity index (χ4v) is 2.94. The number of nitrogens with zero attached hydrogens (tertiary/aromatic N) is 2. The molecule has 3 rings (SSSR count). The summed E-state index contributed by atoms with van der Waals surface area (Å²) < 4.78 is 0. The summed E-state index contributed by atoms with van der Waals surface area (Å²) in [5.74, 6) is 0. The summed E-state index contributed by atoms with van der Waals surface area (Å²) in [4.78, 5) is 2.43. The molecule has 1 heterocycles. The van der Waals surface area contributed by atoms with Gasteiger partial charge in [-0.15, -0.1) is 0 Å². The zero-order valence-electron chi connectivity index (χ0n) is 12.3. The standard InChI is InChI=1S/C18H18ClN3/c19-18-11-16(6-5-15(18)12-20)21-13-14-3-7-17(8-4-14)22-9-1-2-10-22/h3-8,11,21H,1-2,9-10,13H2. The van der Waals surface area contributed by atoms with Crippen LogP contribution in [0.25, 0.3) is 0 Å². The van der Waals surface area contributed by atoms with Crippen LogP contribution in [0.1, 0.15) is 24.0 Å². The molecule has 2 aromatic rings. The van der Waals surface area contributed by atoms with Crippen LogP contribution in [-0.2, 0) is 6.54 Å². The van der Waals surface area contributed by atoms with Crippen LogP contribution in [-0.4, -0.2) is 13.1 Å². The topological polar surface area (TPSA) is 39.1 Å². The molecule has 0 radical (unpaired) electrons. The molecule has 112 valence electrons. The Hall–Kier alpha value is -2.18. The van der Waals surface area contributed by atoms with Gasteiger partial charge in [0.1, 0.15) is 6.07 Å². The summed E-state index contributed by atoms with van der Waals surface area (Å²) in [5.41, 5.74) is 3.96.